The summed E-state index contributed by atoms with van der Waals surface area (Å²) in [6.45, 7) is 6.38. The van der Waals surface area contributed by atoms with Crippen LogP contribution in [0.3, 0.4) is 0 Å². The molecule has 0 spiro atoms. The average molecular weight is 238 g/mol. The summed E-state index contributed by atoms with van der Waals surface area (Å²) < 4.78 is 0. The highest BCUT2D eigenvalue weighted by Gasteiger charge is 2.25. The molecule has 0 saturated carbocycles. The van der Waals surface area contributed by atoms with Crippen LogP contribution in [-0.4, -0.2) is 0 Å². The van der Waals surface area contributed by atoms with Crippen molar-refractivity contribution in [3.05, 3.63) is 64.8 Å². The Bertz CT molecular complexity index is 541. The average Bonchev–Trinajstić information content (AvgIpc) is 2.35. The molecule has 0 heterocycles. The fourth-order valence-corrected chi connectivity index (χ4v) is 3.13. The maximum absolute atomic E-state index is 4.28. The zero-order chi connectivity index (χ0) is 11.8. The fourth-order valence-electron chi connectivity index (χ4n) is 3.13. The molecule has 0 saturated heterocycles. The molecule has 0 atom stereocenters. The van der Waals surface area contributed by atoms with Crippen LogP contribution in [0.2, 0.25) is 0 Å². The Kier molecular flexibility index (Phi) is 3.56. The Labute approximate surface area is 111 Å². The molecule has 0 aromatic heterocycles. The molecule has 1 aromatic rings. The standard InChI is InChI=1S/C17H18.CH4/c1-3-5-13-10-11-15-7-4-6-14-9-8-12(2)16(13)17(14)15;/h3-7H,2,8-11H2,1H3;1H4/b5-3-;. The number of aryl methyl sites for hydroxylation is 2. The van der Waals surface area contributed by atoms with Gasteiger partial charge in [0, 0.05) is 0 Å². The zero-order valence-corrected chi connectivity index (χ0v) is 10.4. The molecule has 0 N–H and O–H groups in total. The third kappa shape index (κ3) is 1.86. The fraction of sp³-hybridized carbons (Fsp3) is 0.333. The molecular formula is C18H22. The first-order valence-electron chi connectivity index (χ1n) is 6.46. The first kappa shape index (κ1) is 12.9. The second kappa shape index (κ2) is 4.97. The monoisotopic (exact) mass is 238 g/mol. The topological polar surface area (TPSA) is 0 Å². The van der Waals surface area contributed by atoms with Gasteiger partial charge >= 0.3 is 0 Å². The molecule has 0 amide bonds. The van der Waals surface area contributed by atoms with E-state index in [1.165, 1.54) is 39.8 Å². The summed E-state index contributed by atoms with van der Waals surface area (Å²) in [7, 11) is 0. The van der Waals surface area contributed by atoms with Crippen LogP contribution in [0, 0.1) is 0 Å². The lowest BCUT2D eigenvalue weighted by Gasteiger charge is -2.30. The van der Waals surface area contributed by atoms with Gasteiger partial charge < -0.3 is 0 Å². The van der Waals surface area contributed by atoms with E-state index in [1.54, 1.807) is 0 Å². The number of rotatable bonds is 1. The highest BCUT2D eigenvalue weighted by molar-refractivity contribution is 5.88. The summed E-state index contributed by atoms with van der Waals surface area (Å²) >= 11 is 0. The molecule has 1 aromatic carbocycles. The van der Waals surface area contributed by atoms with Crippen molar-refractivity contribution in [2.24, 2.45) is 0 Å². The van der Waals surface area contributed by atoms with Crippen molar-refractivity contribution < 1.29 is 0 Å². The van der Waals surface area contributed by atoms with Gasteiger partial charge in [0.15, 0.2) is 0 Å². The molecule has 94 valence electrons. The van der Waals surface area contributed by atoms with Crippen LogP contribution in [0.15, 0.2) is 48.1 Å². The largest absolute Gasteiger partial charge is 0.0952 e. The summed E-state index contributed by atoms with van der Waals surface area (Å²) in [5, 5.41) is 0. The van der Waals surface area contributed by atoms with E-state index in [9.17, 15) is 0 Å². The lowest BCUT2D eigenvalue weighted by atomic mass is 9.74. The Balaban J connectivity index is 0.00000120. The van der Waals surface area contributed by atoms with Crippen molar-refractivity contribution in [3.8, 4) is 0 Å². The number of hydrogen-bond acceptors (Lipinski definition) is 0. The molecule has 0 fully saturated rings. The predicted octanol–water partition coefficient (Wildman–Crippen LogP) is 5.10. The molecule has 0 nitrogen and oxygen atoms in total. The minimum absolute atomic E-state index is 0. The third-order valence-electron chi connectivity index (χ3n) is 3.89. The molecule has 2 aliphatic carbocycles. The van der Waals surface area contributed by atoms with Gasteiger partial charge in [0.1, 0.15) is 0 Å². The summed E-state index contributed by atoms with van der Waals surface area (Å²) in [6.07, 6.45) is 9.04. The number of allylic oxidation sites excluding steroid dienone is 5. The van der Waals surface area contributed by atoms with E-state index < -0.39 is 0 Å². The van der Waals surface area contributed by atoms with Gasteiger partial charge in [0.25, 0.3) is 0 Å². The highest BCUT2D eigenvalue weighted by atomic mass is 14.3. The molecule has 0 radical (unpaired) electrons. The van der Waals surface area contributed by atoms with Crippen LogP contribution in [0.1, 0.15) is 43.9 Å². The van der Waals surface area contributed by atoms with Gasteiger partial charge in [-0.2, -0.15) is 0 Å². The quantitative estimate of drug-likeness (QED) is 0.638. The van der Waals surface area contributed by atoms with Gasteiger partial charge in [-0.3, -0.25) is 0 Å². The van der Waals surface area contributed by atoms with E-state index >= 15 is 0 Å². The lowest BCUT2D eigenvalue weighted by molar-refractivity contribution is 0.876. The smallest absolute Gasteiger partial charge is 0.0114 e. The summed E-state index contributed by atoms with van der Waals surface area (Å²) in [5.74, 6) is 0. The molecule has 18 heavy (non-hydrogen) atoms. The van der Waals surface area contributed by atoms with Gasteiger partial charge in [-0.25, -0.2) is 0 Å². The van der Waals surface area contributed by atoms with Crippen LogP contribution >= 0.6 is 0 Å². The Morgan fingerprint density at radius 1 is 1.06 bits per heavy atom. The first-order valence-corrected chi connectivity index (χ1v) is 6.46. The Morgan fingerprint density at radius 2 is 1.72 bits per heavy atom. The maximum Gasteiger partial charge on any atom is -0.0114 e. The second-order valence-electron chi connectivity index (χ2n) is 4.96. The van der Waals surface area contributed by atoms with Crippen LogP contribution in [0.4, 0.5) is 0 Å². The van der Waals surface area contributed by atoms with E-state index in [0.717, 1.165) is 19.3 Å². The SMILES string of the molecule is C.C=C1CCc2cccc3c2C1=C(/C=C\C)CC3. The van der Waals surface area contributed by atoms with Crippen molar-refractivity contribution in [2.75, 3.05) is 0 Å². The van der Waals surface area contributed by atoms with Gasteiger partial charge in [-0.05, 0) is 66.0 Å². The Hall–Kier alpha value is -1.56. The van der Waals surface area contributed by atoms with Gasteiger partial charge in [0.05, 0.1) is 0 Å². The Morgan fingerprint density at radius 3 is 2.39 bits per heavy atom. The summed E-state index contributed by atoms with van der Waals surface area (Å²) in [4.78, 5) is 0. The number of benzene rings is 1. The minimum Gasteiger partial charge on any atom is -0.0952 e. The van der Waals surface area contributed by atoms with Gasteiger partial charge in [-0.15, -0.1) is 0 Å². The zero-order valence-electron chi connectivity index (χ0n) is 10.4. The molecule has 2 aliphatic rings. The van der Waals surface area contributed by atoms with Crippen LogP contribution in [-0.2, 0) is 12.8 Å². The second-order valence-corrected chi connectivity index (χ2v) is 4.96. The van der Waals surface area contributed by atoms with E-state index in [1.807, 2.05) is 0 Å². The molecule has 0 unspecified atom stereocenters. The van der Waals surface area contributed by atoms with E-state index in [4.69, 9.17) is 0 Å². The maximum atomic E-state index is 4.28. The van der Waals surface area contributed by atoms with Crippen molar-refractivity contribution in [2.45, 2.75) is 40.0 Å². The first-order chi connectivity index (χ1) is 8.31. The van der Waals surface area contributed by atoms with Crippen molar-refractivity contribution in [3.63, 3.8) is 0 Å². The van der Waals surface area contributed by atoms with Gasteiger partial charge in [0.2, 0.25) is 0 Å². The van der Waals surface area contributed by atoms with Crippen LogP contribution < -0.4 is 0 Å². The predicted molar refractivity (Wildman–Crippen MR) is 80.7 cm³/mol. The molecule has 0 aliphatic heterocycles. The third-order valence-corrected chi connectivity index (χ3v) is 3.89. The van der Waals surface area contributed by atoms with Crippen molar-refractivity contribution in [1.82, 2.24) is 0 Å². The number of hydrogen-bond donors (Lipinski definition) is 0. The van der Waals surface area contributed by atoms with Crippen LogP contribution in [0.25, 0.3) is 5.57 Å². The van der Waals surface area contributed by atoms with Crippen molar-refractivity contribution >= 4 is 5.57 Å². The molecule has 0 bridgehead atoms. The summed E-state index contributed by atoms with van der Waals surface area (Å²) in [6, 6.07) is 6.77. The van der Waals surface area contributed by atoms with Gasteiger partial charge in [-0.1, -0.05) is 44.4 Å². The van der Waals surface area contributed by atoms with E-state index in [-0.39, 0.29) is 7.43 Å². The van der Waals surface area contributed by atoms with E-state index in [2.05, 4.69) is 43.9 Å². The molecule has 0 heteroatoms. The lowest BCUT2D eigenvalue weighted by Crippen LogP contribution is -2.13. The molecular weight excluding hydrogens is 216 g/mol. The minimum atomic E-state index is 0. The molecule has 3 rings (SSSR count). The van der Waals surface area contributed by atoms with Crippen molar-refractivity contribution in [1.29, 1.82) is 0 Å². The summed E-state index contributed by atoms with van der Waals surface area (Å²) in [5.41, 5.74) is 8.81. The van der Waals surface area contributed by atoms with Crippen LogP contribution in [0.5, 0.6) is 0 Å². The highest BCUT2D eigenvalue weighted by Crippen LogP contribution is 2.42. The van der Waals surface area contributed by atoms with E-state index in [0.29, 0.717) is 0 Å². The normalized spacial score (nSPS) is 17.7.